The van der Waals surface area contributed by atoms with Gasteiger partial charge in [-0.15, -0.1) is 0 Å². The molecule has 5 nitrogen and oxygen atoms in total. The summed E-state index contributed by atoms with van der Waals surface area (Å²) in [5.41, 5.74) is 3.08. The van der Waals surface area contributed by atoms with Crippen LogP contribution >= 0.6 is 15.9 Å². The summed E-state index contributed by atoms with van der Waals surface area (Å²) in [5, 5.41) is 9.81. The molecule has 6 heteroatoms. The molecule has 0 bridgehead atoms. The number of likely N-dealkylation sites (tertiary alicyclic amines) is 1. The molecule has 3 aromatic rings. The summed E-state index contributed by atoms with van der Waals surface area (Å²) in [6, 6.07) is 23.2. The Morgan fingerprint density at radius 1 is 1.06 bits per heavy atom. The van der Waals surface area contributed by atoms with Crippen molar-refractivity contribution in [2.75, 3.05) is 13.7 Å². The number of rotatable bonds is 8. The SMILES string of the molecule is COc1cc(C(c2cccc(Br)c2)N2CCCC2C(=O)O)ccc1OCc1ccccc1. The average molecular weight is 496 g/mol. The van der Waals surface area contributed by atoms with Crippen molar-refractivity contribution >= 4 is 21.9 Å². The van der Waals surface area contributed by atoms with Crippen LogP contribution in [0.2, 0.25) is 0 Å². The van der Waals surface area contributed by atoms with Crippen molar-refractivity contribution in [1.82, 2.24) is 4.90 Å². The predicted molar refractivity (Wildman–Crippen MR) is 127 cm³/mol. The van der Waals surface area contributed by atoms with Crippen LogP contribution in [0.15, 0.2) is 77.3 Å². The molecule has 2 atom stereocenters. The second-order valence-corrected chi connectivity index (χ2v) is 8.79. The second kappa shape index (κ2) is 10.2. The summed E-state index contributed by atoms with van der Waals surface area (Å²) >= 11 is 3.56. The van der Waals surface area contributed by atoms with Gasteiger partial charge in [0.05, 0.1) is 13.2 Å². The standard InChI is InChI=1S/C26H26BrNO4/c1-31-24-16-20(12-13-23(24)32-17-18-7-3-2-4-8-18)25(19-9-5-10-21(27)15-19)28-14-6-11-22(28)26(29)30/h2-5,7-10,12-13,15-16,22,25H,6,11,14,17H2,1H3,(H,29,30). The number of halogens is 1. The lowest BCUT2D eigenvalue weighted by atomic mass is 9.96. The van der Waals surface area contributed by atoms with Gasteiger partial charge in [-0.3, -0.25) is 9.69 Å². The van der Waals surface area contributed by atoms with Crippen LogP contribution in [0.4, 0.5) is 0 Å². The molecule has 1 aliphatic rings. The zero-order valence-electron chi connectivity index (χ0n) is 17.9. The van der Waals surface area contributed by atoms with Gasteiger partial charge < -0.3 is 14.6 Å². The van der Waals surface area contributed by atoms with Crippen LogP contribution in [0.25, 0.3) is 0 Å². The Hall–Kier alpha value is -2.83. The minimum atomic E-state index is -0.780. The van der Waals surface area contributed by atoms with Crippen LogP contribution < -0.4 is 9.47 Å². The molecule has 0 radical (unpaired) electrons. The zero-order chi connectivity index (χ0) is 22.5. The number of ether oxygens (including phenoxy) is 2. The largest absolute Gasteiger partial charge is 0.493 e. The third-order valence-electron chi connectivity index (χ3n) is 5.82. The van der Waals surface area contributed by atoms with Crippen LogP contribution in [0.5, 0.6) is 11.5 Å². The van der Waals surface area contributed by atoms with E-state index >= 15 is 0 Å². The summed E-state index contributed by atoms with van der Waals surface area (Å²) < 4.78 is 12.6. The van der Waals surface area contributed by atoms with Crippen molar-refractivity contribution in [3.63, 3.8) is 0 Å². The first-order valence-electron chi connectivity index (χ1n) is 10.7. The summed E-state index contributed by atoms with van der Waals surface area (Å²) in [5.74, 6) is 0.506. The maximum absolute atomic E-state index is 11.9. The minimum absolute atomic E-state index is 0.201. The Bertz CT molecular complexity index is 1070. The lowest BCUT2D eigenvalue weighted by Crippen LogP contribution is -2.39. The quantitative estimate of drug-likeness (QED) is 0.435. The van der Waals surface area contributed by atoms with Crippen molar-refractivity contribution in [3.05, 3.63) is 94.0 Å². The molecule has 32 heavy (non-hydrogen) atoms. The van der Waals surface area contributed by atoms with Crippen LogP contribution in [0.1, 0.15) is 35.6 Å². The van der Waals surface area contributed by atoms with Crippen molar-refractivity contribution in [1.29, 1.82) is 0 Å². The highest BCUT2D eigenvalue weighted by Gasteiger charge is 2.37. The summed E-state index contributed by atoms with van der Waals surface area (Å²) in [6.45, 7) is 1.17. The maximum atomic E-state index is 11.9. The van der Waals surface area contributed by atoms with E-state index < -0.39 is 12.0 Å². The van der Waals surface area contributed by atoms with Crippen LogP contribution in [0.3, 0.4) is 0 Å². The number of carboxylic acids is 1. The number of carboxylic acid groups (broad SMARTS) is 1. The van der Waals surface area contributed by atoms with Crippen molar-refractivity contribution in [2.24, 2.45) is 0 Å². The fourth-order valence-electron chi connectivity index (χ4n) is 4.32. The van der Waals surface area contributed by atoms with Gasteiger partial charge in [0.2, 0.25) is 0 Å². The molecule has 1 fully saturated rings. The van der Waals surface area contributed by atoms with Gasteiger partial charge in [0.15, 0.2) is 11.5 Å². The Labute approximate surface area is 196 Å². The molecular weight excluding hydrogens is 470 g/mol. The van der Waals surface area contributed by atoms with Gasteiger partial charge in [0, 0.05) is 11.0 Å². The third-order valence-corrected chi connectivity index (χ3v) is 6.31. The molecule has 3 aromatic carbocycles. The van der Waals surface area contributed by atoms with E-state index in [2.05, 4.69) is 20.8 Å². The van der Waals surface area contributed by atoms with Gasteiger partial charge in [0.1, 0.15) is 12.6 Å². The highest BCUT2D eigenvalue weighted by Crippen LogP contribution is 2.39. The van der Waals surface area contributed by atoms with Crippen molar-refractivity contribution < 1.29 is 19.4 Å². The Balaban J connectivity index is 1.68. The number of nitrogens with zero attached hydrogens (tertiary/aromatic N) is 1. The highest BCUT2D eigenvalue weighted by atomic mass is 79.9. The van der Waals surface area contributed by atoms with Gasteiger partial charge in [-0.1, -0.05) is 64.5 Å². The van der Waals surface area contributed by atoms with E-state index in [1.807, 2.05) is 72.8 Å². The van der Waals surface area contributed by atoms with Crippen molar-refractivity contribution in [2.45, 2.75) is 31.5 Å². The van der Waals surface area contributed by atoms with Gasteiger partial charge in [0.25, 0.3) is 0 Å². The van der Waals surface area contributed by atoms with E-state index in [1.165, 1.54) is 0 Å². The first-order chi connectivity index (χ1) is 15.6. The third kappa shape index (κ3) is 4.97. The van der Waals surface area contributed by atoms with Gasteiger partial charge in [-0.25, -0.2) is 0 Å². The number of hydrogen-bond acceptors (Lipinski definition) is 4. The van der Waals surface area contributed by atoms with E-state index in [9.17, 15) is 9.90 Å². The average Bonchev–Trinajstić information content (AvgIpc) is 3.29. The zero-order valence-corrected chi connectivity index (χ0v) is 19.5. The molecular formula is C26H26BrNO4. The Kier molecular flexibility index (Phi) is 7.12. The first kappa shape index (κ1) is 22.4. The van der Waals surface area contributed by atoms with Gasteiger partial charge in [-0.2, -0.15) is 0 Å². The molecule has 1 heterocycles. The minimum Gasteiger partial charge on any atom is -0.493 e. The normalized spacial score (nSPS) is 17.1. The van der Waals surface area contributed by atoms with E-state index in [-0.39, 0.29) is 6.04 Å². The second-order valence-electron chi connectivity index (χ2n) is 7.88. The molecule has 1 aliphatic heterocycles. The van der Waals surface area contributed by atoms with Gasteiger partial charge in [-0.05, 0) is 53.8 Å². The molecule has 4 rings (SSSR count). The van der Waals surface area contributed by atoms with E-state index in [0.29, 0.717) is 24.5 Å². The van der Waals surface area contributed by atoms with E-state index in [0.717, 1.165) is 34.1 Å². The number of methoxy groups -OCH3 is 1. The number of carbonyl (C=O) groups is 1. The van der Waals surface area contributed by atoms with E-state index in [4.69, 9.17) is 9.47 Å². The predicted octanol–water partition coefficient (Wildman–Crippen LogP) is 5.68. The Morgan fingerprint density at radius 3 is 2.56 bits per heavy atom. The summed E-state index contributed by atoms with van der Waals surface area (Å²) in [4.78, 5) is 14.0. The van der Waals surface area contributed by atoms with Crippen LogP contribution in [0, 0.1) is 0 Å². The van der Waals surface area contributed by atoms with E-state index in [1.54, 1.807) is 7.11 Å². The molecule has 0 amide bonds. The topological polar surface area (TPSA) is 59.0 Å². The summed E-state index contributed by atoms with van der Waals surface area (Å²) in [6.07, 6.45) is 1.51. The summed E-state index contributed by atoms with van der Waals surface area (Å²) in [7, 11) is 1.62. The number of aliphatic carboxylic acids is 1. The number of benzene rings is 3. The molecule has 0 spiro atoms. The highest BCUT2D eigenvalue weighted by molar-refractivity contribution is 9.10. The first-order valence-corrected chi connectivity index (χ1v) is 11.4. The van der Waals surface area contributed by atoms with Crippen LogP contribution in [-0.4, -0.2) is 35.7 Å². The molecule has 1 saturated heterocycles. The molecule has 166 valence electrons. The molecule has 0 saturated carbocycles. The van der Waals surface area contributed by atoms with Gasteiger partial charge >= 0.3 is 5.97 Å². The molecule has 0 aromatic heterocycles. The molecule has 0 aliphatic carbocycles. The number of hydrogen-bond donors (Lipinski definition) is 1. The lowest BCUT2D eigenvalue weighted by Gasteiger charge is -2.32. The maximum Gasteiger partial charge on any atom is 0.320 e. The fourth-order valence-corrected chi connectivity index (χ4v) is 4.74. The monoisotopic (exact) mass is 495 g/mol. The molecule has 1 N–H and O–H groups in total. The van der Waals surface area contributed by atoms with Crippen molar-refractivity contribution in [3.8, 4) is 11.5 Å². The molecule has 2 unspecified atom stereocenters. The lowest BCUT2D eigenvalue weighted by molar-refractivity contribution is -0.142. The fraction of sp³-hybridized carbons (Fsp3) is 0.269. The Morgan fingerprint density at radius 2 is 1.84 bits per heavy atom. The smallest absolute Gasteiger partial charge is 0.320 e. The van der Waals surface area contributed by atoms with Crippen LogP contribution in [-0.2, 0) is 11.4 Å².